The lowest BCUT2D eigenvalue weighted by Gasteiger charge is -2.03. The van der Waals surface area contributed by atoms with E-state index in [2.05, 4.69) is 15.3 Å². The molecule has 0 saturated heterocycles. The molecule has 1 amide bonds. The van der Waals surface area contributed by atoms with Gasteiger partial charge in [-0.25, -0.2) is 4.98 Å². The van der Waals surface area contributed by atoms with E-state index in [4.69, 9.17) is 11.6 Å². The molecule has 0 radical (unpaired) electrons. The van der Waals surface area contributed by atoms with Crippen LogP contribution in [0.4, 0.5) is 0 Å². The molecule has 0 unspecified atom stereocenters. The Kier molecular flexibility index (Phi) is 3.62. The molecule has 0 bridgehead atoms. The topological polar surface area (TPSA) is 57.8 Å². The summed E-state index contributed by atoms with van der Waals surface area (Å²) in [7, 11) is 0. The Hall–Kier alpha value is -2.33. The summed E-state index contributed by atoms with van der Waals surface area (Å²) in [6, 6.07) is 11.4. The van der Waals surface area contributed by atoms with Crippen LogP contribution in [0.25, 0.3) is 10.9 Å². The van der Waals surface area contributed by atoms with Gasteiger partial charge in [0.15, 0.2) is 0 Å². The average Bonchev–Trinajstić information content (AvgIpc) is 2.88. The van der Waals surface area contributed by atoms with Crippen molar-refractivity contribution in [2.24, 2.45) is 0 Å². The van der Waals surface area contributed by atoms with Crippen molar-refractivity contribution in [1.29, 1.82) is 0 Å². The standard InChI is InChI=1S/C16H14ClN3O/c1-10-2-3-13-12(6-10)8-14(20-13)16(21)19-9-11-4-5-18-15(17)7-11/h2-8,20H,9H2,1H3,(H,19,21). The zero-order valence-electron chi connectivity index (χ0n) is 11.5. The first kappa shape index (κ1) is 13.6. The van der Waals surface area contributed by atoms with Gasteiger partial charge in [-0.05, 0) is 42.8 Å². The number of hydrogen-bond acceptors (Lipinski definition) is 2. The highest BCUT2D eigenvalue weighted by Gasteiger charge is 2.09. The monoisotopic (exact) mass is 299 g/mol. The Balaban J connectivity index is 1.74. The van der Waals surface area contributed by atoms with Crippen molar-refractivity contribution in [3.05, 3.63) is 64.6 Å². The van der Waals surface area contributed by atoms with E-state index in [0.29, 0.717) is 17.4 Å². The lowest BCUT2D eigenvalue weighted by Crippen LogP contribution is -2.23. The number of benzene rings is 1. The summed E-state index contributed by atoms with van der Waals surface area (Å²) in [5.41, 5.74) is 3.59. The fourth-order valence-electron chi connectivity index (χ4n) is 2.20. The zero-order chi connectivity index (χ0) is 14.8. The van der Waals surface area contributed by atoms with Gasteiger partial charge < -0.3 is 10.3 Å². The van der Waals surface area contributed by atoms with Crippen LogP contribution in [-0.4, -0.2) is 15.9 Å². The highest BCUT2D eigenvalue weighted by atomic mass is 35.5. The second kappa shape index (κ2) is 5.58. The molecule has 0 saturated carbocycles. The van der Waals surface area contributed by atoms with Crippen LogP contribution in [0.2, 0.25) is 5.15 Å². The van der Waals surface area contributed by atoms with Crippen molar-refractivity contribution in [2.45, 2.75) is 13.5 Å². The number of halogens is 1. The fraction of sp³-hybridized carbons (Fsp3) is 0.125. The smallest absolute Gasteiger partial charge is 0.267 e. The maximum atomic E-state index is 12.2. The number of nitrogens with zero attached hydrogens (tertiary/aromatic N) is 1. The average molecular weight is 300 g/mol. The molecule has 21 heavy (non-hydrogen) atoms. The summed E-state index contributed by atoms with van der Waals surface area (Å²) < 4.78 is 0. The van der Waals surface area contributed by atoms with Crippen LogP contribution in [0, 0.1) is 6.92 Å². The number of fused-ring (bicyclic) bond motifs is 1. The molecule has 0 spiro atoms. The number of carbonyl (C=O) groups is 1. The number of carbonyl (C=O) groups excluding carboxylic acids is 1. The van der Waals surface area contributed by atoms with Crippen LogP contribution in [-0.2, 0) is 6.54 Å². The predicted molar refractivity (Wildman–Crippen MR) is 83.5 cm³/mol. The van der Waals surface area contributed by atoms with E-state index >= 15 is 0 Å². The number of nitrogens with one attached hydrogen (secondary N) is 2. The first-order chi connectivity index (χ1) is 10.1. The van der Waals surface area contributed by atoms with Gasteiger partial charge in [-0.2, -0.15) is 0 Å². The van der Waals surface area contributed by atoms with Gasteiger partial charge in [-0.1, -0.05) is 23.2 Å². The first-order valence-electron chi connectivity index (χ1n) is 6.60. The highest BCUT2D eigenvalue weighted by molar-refractivity contribution is 6.29. The maximum absolute atomic E-state index is 12.2. The van der Waals surface area contributed by atoms with E-state index in [9.17, 15) is 4.79 Å². The molecule has 0 fully saturated rings. The van der Waals surface area contributed by atoms with Crippen molar-refractivity contribution in [2.75, 3.05) is 0 Å². The third kappa shape index (κ3) is 3.06. The maximum Gasteiger partial charge on any atom is 0.267 e. The number of hydrogen-bond donors (Lipinski definition) is 2. The molecule has 0 aliphatic heterocycles. The molecule has 2 N–H and O–H groups in total. The van der Waals surface area contributed by atoms with Gasteiger partial charge in [0.1, 0.15) is 10.8 Å². The zero-order valence-corrected chi connectivity index (χ0v) is 12.2. The quantitative estimate of drug-likeness (QED) is 0.728. The number of aromatic amines is 1. The van der Waals surface area contributed by atoms with Gasteiger partial charge in [0.25, 0.3) is 5.91 Å². The normalized spacial score (nSPS) is 10.8. The second-order valence-electron chi connectivity index (χ2n) is 4.94. The molecule has 0 aliphatic rings. The summed E-state index contributed by atoms with van der Waals surface area (Å²) in [6.45, 7) is 2.44. The van der Waals surface area contributed by atoms with Gasteiger partial charge in [-0.15, -0.1) is 0 Å². The number of H-pyrrole nitrogens is 1. The molecular formula is C16H14ClN3O. The number of rotatable bonds is 3. The van der Waals surface area contributed by atoms with Gasteiger partial charge in [-0.3, -0.25) is 4.79 Å². The van der Waals surface area contributed by atoms with Crippen LogP contribution >= 0.6 is 11.6 Å². The molecule has 5 heteroatoms. The van der Waals surface area contributed by atoms with Crippen molar-refractivity contribution in [3.8, 4) is 0 Å². The Morgan fingerprint density at radius 1 is 1.29 bits per heavy atom. The largest absolute Gasteiger partial charge is 0.351 e. The van der Waals surface area contributed by atoms with Gasteiger partial charge in [0.05, 0.1) is 0 Å². The third-order valence-corrected chi connectivity index (χ3v) is 3.47. The fourth-order valence-corrected chi connectivity index (χ4v) is 2.40. The molecule has 1 aromatic carbocycles. The van der Waals surface area contributed by atoms with Crippen LogP contribution in [0.15, 0.2) is 42.6 Å². The third-order valence-electron chi connectivity index (χ3n) is 3.26. The number of aryl methyl sites for hydroxylation is 1. The molecule has 0 aliphatic carbocycles. The van der Waals surface area contributed by atoms with Gasteiger partial charge in [0, 0.05) is 23.6 Å². The molecule has 106 valence electrons. The summed E-state index contributed by atoms with van der Waals surface area (Å²) >= 11 is 5.82. The Morgan fingerprint density at radius 2 is 2.14 bits per heavy atom. The number of amides is 1. The summed E-state index contributed by atoms with van der Waals surface area (Å²) in [4.78, 5) is 19.2. The molecule has 0 atom stereocenters. The number of pyridine rings is 1. The Morgan fingerprint density at radius 3 is 2.95 bits per heavy atom. The Labute approximate surface area is 127 Å². The van der Waals surface area contributed by atoms with Crippen LogP contribution in [0.1, 0.15) is 21.6 Å². The van der Waals surface area contributed by atoms with E-state index in [1.165, 1.54) is 5.56 Å². The Bertz CT molecular complexity index is 810. The molecule has 3 aromatic rings. The minimum absolute atomic E-state index is 0.142. The predicted octanol–water partition coefficient (Wildman–Crippen LogP) is 3.45. The van der Waals surface area contributed by atoms with Crippen molar-refractivity contribution >= 4 is 28.4 Å². The van der Waals surface area contributed by atoms with Crippen molar-refractivity contribution in [3.63, 3.8) is 0 Å². The number of aromatic nitrogens is 2. The van der Waals surface area contributed by atoms with E-state index in [1.807, 2.05) is 37.3 Å². The van der Waals surface area contributed by atoms with Crippen molar-refractivity contribution < 1.29 is 4.79 Å². The van der Waals surface area contributed by atoms with Gasteiger partial charge in [0.2, 0.25) is 0 Å². The van der Waals surface area contributed by atoms with Crippen molar-refractivity contribution in [1.82, 2.24) is 15.3 Å². The van der Waals surface area contributed by atoms with E-state index in [1.54, 1.807) is 12.3 Å². The van der Waals surface area contributed by atoms with Crippen LogP contribution < -0.4 is 5.32 Å². The summed E-state index contributed by atoms with van der Waals surface area (Å²) in [5.74, 6) is -0.142. The lowest BCUT2D eigenvalue weighted by molar-refractivity contribution is 0.0946. The molecule has 2 heterocycles. The molecule has 4 nitrogen and oxygen atoms in total. The minimum Gasteiger partial charge on any atom is -0.351 e. The molecule has 3 rings (SSSR count). The lowest BCUT2D eigenvalue weighted by atomic mass is 10.2. The SMILES string of the molecule is Cc1ccc2[nH]c(C(=O)NCc3ccnc(Cl)c3)cc2c1. The molecular weight excluding hydrogens is 286 g/mol. The summed E-state index contributed by atoms with van der Waals surface area (Å²) in [5, 5.41) is 4.32. The van der Waals surface area contributed by atoms with Gasteiger partial charge >= 0.3 is 0 Å². The summed E-state index contributed by atoms with van der Waals surface area (Å²) in [6.07, 6.45) is 1.62. The van der Waals surface area contributed by atoms with Crippen LogP contribution in [0.5, 0.6) is 0 Å². The minimum atomic E-state index is -0.142. The van der Waals surface area contributed by atoms with E-state index in [0.717, 1.165) is 16.5 Å². The molecule has 2 aromatic heterocycles. The highest BCUT2D eigenvalue weighted by Crippen LogP contribution is 2.17. The first-order valence-corrected chi connectivity index (χ1v) is 6.97. The second-order valence-corrected chi connectivity index (χ2v) is 5.33. The van der Waals surface area contributed by atoms with Crippen LogP contribution in [0.3, 0.4) is 0 Å². The van der Waals surface area contributed by atoms with E-state index < -0.39 is 0 Å². The van der Waals surface area contributed by atoms with E-state index in [-0.39, 0.29) is 5.91 Å².